The molecule has 0 fully saturated rings. The lowest BCUT2D eigenvalue weighted by Gasteiger charge is -2.16. The highest BCUT2D eigenvalue weighted by atomic mass is 16.1. The van der Waals surface area contributed by atoms with E-state index in [2.05, 4.69) is 31.1 Å². The number of anilines is 1. The van der Waals surface area contributed by atoms with Gasteiger partial charge in [-0.3, -0.25) is 9.78 Å². The van der Waals surface area contributed by atoms with Gasteiger partial charge >= 0.3 is 0 Å². The number of hydrogen-bond acceptors (Lipinski definition) is 3. The largest absolute Gasteiger partial charge is 0.397 e. The average Bonchev–Trinajstić information content (AvgIpc) is 2.25. The highest BCUT2D eigenvalue weighted by molar-refractivity contribution is 5.98. The molecule has 0 aromatic carbocycles. The SMILES string of the molecule is CC(C)C(C)CNC(=O)c1ccncc1N. The molecular weight excluding hydrogens is 202 g/mol. The summed E-state index contributed by atoms with van der Waals surface area (Å²) >= 11 is 0. The molecule has 1 aromatic heterocycles. The molecule has 0 radical (unpaired) electrons. The minimum Gasteiger partial charge on any atom is -0.397 e. The fourth-order valence-electron chi connectivity index (χ4n) is 1.20. The summed E-state index contributed by atoms with van der Waals surface area (Å²) in [5, 5.41) is 2.87. The number of nitrogens with two attached hydrogens (primary N) is 1. The van der Waals surface area contributed by atoms with Gasteiger partial charge in [-0.25, -0.2) is 0 Å². The first-order chi connectivity index (χ1) is 7.52. The van der Waals surface area contributed by atoms with Crippen LogP contribution in [0.25, 0.3) is 0 Å². The van der Waals surface area contributed by atoms with Crippen molar-refractivity contribution in [2.24, 2.45) is 11.8 Å². The summed E-state index contributed by atoms with van der Waals surface area (Å²) in [4.78, 5) is 15.6. The zero-order valence-electron chi connectivity index (χ0n) is 10.0. The Hall–Kier alpha value is -1.58. The van der Waals surface area contributed by atoms with Crippen LogP contribution >= 0.6 is 0 Å². The van der Waals surface area contributed by atoms with E-state index in [-0.39, 0.29) is 5.91 Å². The number of pyridine rings is 1. The number of hydrogen-bond donors (Lipinski definition) is 2. The molecule has 0 bridgehead atoms. The number of nitrogens with one attached hydrogen (secondary N) is 1. The number of carbonyl (C=O) groups is 1. The van der Waals surface area contributed by atoms with Crippen LogP contribution in [0.1, 0.15) is 31.1 Å². The zero-order valence-corrected chi connectivity index (χ0v) is 10.0. The lowest BCUT2D eigenvalue weighted by Crippen LogP contribution is -2.30. The number of carbonyl (C=O) groups excluding carboxylic acids is 1. The van der Waals surface area contributed by atoms with Crippen LogP contribution in [0.3, 0.4) is 0 Å². The molecule has 0 aliphatic rings. The van der Waals surface area contributed by atoms with E-state index in [0.717, 1.165) is 0 Å². The molecule has 0 saturated carbocycles. The molecule has 1 unspecified atom stereocenters. The summed E-state index contributed by atoms with van der Waals surface area (Å²) < 4.78 is 0. The molecule has 0 aliphatic carbocycles. The Morgan fingerprint density at radius 2 is 2.19 bits per heavy atom. The van der Waals surface area contributed by atoms with E-state index in [4.69, 9.17) is 5.73 Å². The second kappa shape index (κ2) is 5.49. The lowest BCUT2D eigenvalue weighted by molar-refractivity contribution is 0.0945. The summed E-state index contributed by atoms with van der Waals surface area (Å²) in [5.41, 5.74) is 6.57. The van der Waals surface area contributed by atoms with Gasteiger partial charge in [-0.05, 0) is 17.9 Å². The van der Waals surface area contributed by atoms with Crippen LogP contribution in [0.4, 0.5) is 5.69 Å². The zero-order chi connectivity index (χ0) is 12.1. The van der Waals surface area contributed by atoms with Gasteiger partial charge in [-0.2, -0.15) is 0 Å². The highest BCUT2D eigenvalue weighted by Crippen LogP contribution is 2.10. The normalized spacial score (nSPS) is 12.5. The molecule has 3 N–H and O–H groups in total. The first-order valence-corrected chi connectivity index (χ1v) is 5.50. The molecule has 88 valence electrons. The smallest absolute Gasteiger partial charge is 0.253 e. The van der Waals surface area contributed by atoms with Crippen molar-refractivity contribution in [1.82, 2.24) is 10.3 Å². The van der Waals surface area contributed by atoms with Gasteiger partial charge in [-0.15, -0.1) is 0 Å². The predicted molar refractivity (Wildman–Crippen MR) is 65.0 cm³/mol. The molecule has 0 saturated heterocycles. The summed E-state index contributed by atoms with van der Waals surface area (Å²) in [6.45, 7) is 7.05. The summed E-state index contributed by atoms with van der Waals surface area (Å²) in [7, 11) is 0. The third-order valence-electron chi connectivity index (χ3n) is 2.82. The Kier molecular flexibility index (Phi) is 4.28. The predicted octanol–water partition coefficient (Wildman–Crippen LogP) is 1.69. The van der Waals surface area contributed by atoms with E-state index in [1.54, 1.807) is 12.3 Å². The molecule has 1 amide bonds. The van der Waals surface area contributed by atoms with Crippen LogP contribution in [0.5, 0.6) is 0 Å². The van der Waals surface area contributed by atoms with E-state index in [9.17, 15) is 4.79 Å². The summed E-state index contributed by atoms with van der Waals surface area (Å²) in [6, 6.07) is 1.63. The number of nitrogen functional groups attached to an aromatic ring is 1. The van der Waals surface area contributed by atoms with Crippen molar-refractivity contribution in [3.63, 3.8) is 0 Å². The average molecular weight is 221 g/mol. The maximum atomic E-state index is 11.8. The molecule has 1 rings (SSSR count). The Bertz CT molecular complexity index is 363. The highest BCUT2D eigenvalue weighted by Gasteiger charge is 2.12. The van der Waals surface area contributed by atoms with Crippen LogP contribution in [-0.2, 0) is 0 Å². The van der Waals surface area contributed by atoms with E-state index < -0.39 is 0 Å². The monoisotopic (exact) mass is 221 g/mol. The van der Waals surface area contributed by atoms with Crippen molar-refractivity contribution in [2.75, 3.05) is 12.3 Å². The topological polar surface area (TPSA) is 68.0 Å². The van der Waals surface area contributed by atoms with Crippen molar-refractivity contribution >= 4 is 11.6 Å². The Morgan fingerprint density at radius 3 is 2.75 bits per heavy atom. The fourth-order valence-corrected chi connectivity index (χ4v) is 1.20. The molecule has 1 atom stereocenters. The van der Waals surface area contributed by atoms with E-state index in [0.29, 0.717) is 29.6 Å². The van der Waals surface area contributed by atoms with E-state index in [1.165, 1.54) is 6.20 Å². The van der Waals surface area contributed by atoms with Crippen molar-refractivity contribution < 1.29 is 4.79 Å². The number of aromatic nitrogens is 1. The minimum absolute atomic E-state index is 0.132. The molecule has 1 aromatic rings. The van der Waals surface area contributed by atoms with Crippen LogP contribution in [-0.4, -0.2) is 17.4 Å². The second-order valence-electron chi connectivity index (χ2n) is 4.39. The standard InChI is InChI=1S/C12H19N3O/c1-8(2)9(3)6-15-12(16)10-4-5-14-7-11(10)13/h4-5,7-9H,6,13H2,1-3H3,(H,15,16). The molecule has 4 heteroatoms. The Balaban J connectivity index is 2.57. The number of nitrogens with zero attached hydrogens (tertiary/aromatic N) is 1. The first-order valence-electron chi connectivity index (χ1n) is 5.50. The molecule has 0 aliphatic heterocycles. The van der Waals surface area contributed by atoms with Gasteiger partial charge in [0.05, 0.1) is 17.4 Å². The number of amides is 1. The summed E-state index contributed by atoms with van der Waals surface area (Å²) in [6.07, 6.45) is 3.05. The molecular formula is C12H19N3O. The van der Waals surface area contributed by atoms with Crippen molar-refractivity contribution in [1.29, 1.82) is 0 Å². The Morgan fingerprint density at radius 1 is 1.50 bits per heavy atom. The maximum absolute atomic E-state index is 11.8. The van der Waals surface area contributed by atoms with Crippen molar-refractivity contribution in [2.45, 2.75) is 20.8 Å². The quantitative estimate of drug-likeness (QED) is 0.813. The van der Waals surface area contributed by atoms with E-state index >= 15 is 0 Å². The number of rotatable bonds is 4. The van der Waals surface area contributed by atoms with Crippen LogP contribution in [0, 0.1) is 11.8 Å². The molecule has 1 heterocycles. The van der Waals surface area contributed by atoms with Gasteiger partial charge in [0, 0.05) is 12.7 Å². The van der Waals surface area contributed by atoms with Crippen LogP contribution in [0.15, 0.2) is 18.5 Å². The van der Waals surface area contributed by atoms with Gasteiger partial charge in [-0.1, -0.05) is 20.8 Å². The maximum Gasteiger partial charge on any atom is 0.253 e. The second-order valence-corrected chi connectivity index (χ2v) is 4.39. The van der Waals surface area contributed by atoms with Crippen LogP contribution < -0.4 is 11.1 Å². The first kappa shape index (κ1) is 12.5. The van der Waals surface area contributed by atoms with Gasteiger partial charge in [0.25, 0.3) is 5.91 Å². The molecule has 16 heavy (non-hydrogen) atoms. The molecule has 4 nitrogen and oxygen atoms in total. The van der Waals surface area contributed by atoms with Gasteiger partial charge in [0.15, 0.2) is 0 Å². The minimum atomic E-state index is -0.132. The van der Waals surface area contributed by atoms with Gasteiger partial charge in [0.2, 0.25) is 0 Å². The van der Waals surface area contributed by atoms with E-state index in [1.807, 2.05) is 0 Å². The van der Waals surface area contributed by atoms with Gasteiger partial charge < -0.3 is 11.1 Å². The fraction of sp³-hybridized carbons (Fsp3) is 0.500. The third-order valence-corrected chi connectivity index (χ3v) is 2.82. The van der Waals surface area contributed by atoms with Crippen LogP contribution in [0.2, 0.25) is 0 Å². The van der Waals surface area contributed by atoms with Crippen molar-refractivity contribution in [3.05, 3.63) is 24.0 Å². The third kappa shape index (κ3) is 3.22. The lowest BCUT2D eigenvalue weighted by atomic mass is 9.98. The summed E-state index contributed by atoms with van der Waals surface area (Å²) in [5.74, 6) is 0.870. The van der Waals surface area contributed by atoms with Crippen molar-refractivity contribution in [3.8, 4) is 0 Å². The van der Waals surface area contributed by atoms with Gasteiger partial charge in [0.1, 0.15) is 0 Å². The Labute approximate surface area is 96.3 Å². The molecule has 0 spiro atoms.